The number of halogens is 1. The van der Waals surface area contributed by atoms with Gasteiger partial charge in [-0.1, -0.05) is 28.1 Å². The number of hydrogen-bond acceptors (Lipinski definition) is 2. The van der Waals surface area contributed by atoms with E-state index in [0.29, 0.717) is 16.8 Å². The standard InChI is InChI=1S/C15H19BrO2/c1-10-7-13-8-11(4-5-14(13)18-10)15(16)12-3-2-6-17-9-12/h4-5,8,10,12,15H,2-3,6-7,9H2,1H3. The van der Waals surface area contributed by atoms with Gasteiger partial charge >= 0.3 is 0 Å². The largest absolute Gasteiger partial charge is 0.490 e. The summed E-state index contributed by atoms with van der Waals surface area (Å²) in [5.41, 5.74) is 2.71. The van der Waals surface area contributed by atoms with Gasteiger partial charge < -0.3 is 9.47 Å². The topological polar surface area (TPSA) is 18.5 Å². The van der Waals surface area contributed by atoms with Crippen LogP contribution in [0.1, 0.15) is 35.7 Å². The van der Waals surface area contributed by atoms with Crippen molar-refractivity contribution in [1.82, 2.24) is 0 Å². The van der Waals surface area contributed by atoms with Gasteiger partial charge in [-0.2, -0.15) is 0 Å². The normalized spacial score (nSPS) is 28.6. The molecule has 0 aromatic heterocycles. The summed E-state index contributed by atoms with van der Waals surface area (Å²) in [6, 6.07) is 6.60. The van der Waals surface area contributed by atoms with Gasteiger partial charge in [0.05, 0.1) is 6.61 Å². The Kier molecular flexibility index (Phi) is 3.62. The Hall–Kier alpha value is -0.540. The molecule has 0 N–H and O–H groups in total. The van der Waals surface area contributed by atoms with Gasteiger partial charge in [0.1, 0.15) is 11.9 Å². The molecule has 0 spiro atoms. The average Bonchev–Trinajstić information content (AvgIpc) is 2.78. The van der Waals surface area contributed by atoms with Gasteiger partial charge in [0.15, 0.2) is 0 Å². The van der Waals surface area contributed by atoms with Crippen LogP contribution in [0.3, 0.4) is 0 Å². The SMILES string of the molecule is CC1Cc2cc(C(Br)C3CCCOC3)ccc2O1. The summed E-state index contributed by atoms with van der Waals surface area (Å²) in [5, 5.41) is 0. The van der Waals surface area contributed by atoms with Crippen LogP contribution >= 0.6 is 15.9 Å². The summed E-state index contributed by atoms with van der Waals surface area (Å²) in [5.74, 6) is 1.65. The van der Waals surface area contributed by atoms with E-state index in [1.54, 1.807) is 0 Å². The zero-order valence-corrected chi connectivity index (χ0v) is 12.3. The monoisotopic (exact) mass is 310 g/mol. The fourth-order valence-electron chi connectivity index (χ4n) is 2.88. The first-order valence-corrected chi connectivity index (χ1v) is 7.67. The van der Waals surface area contributed by atoms with E-state index in [1.807, 2.05) is 0 Å². The minimum Gasteiger partial charge on any atom is -0.490 e. The van der Waals surface area contributed by atoms with Crippen molar-refractivity contribution in [2.45, 2.75) is 37.1 Å². The molecule has 0 saturated carbocycles. The zero-order valence-electron chi connectivity index (χ0n) is 10.7. The molecule has 2 heterocycles. The first-order chi connectivity index (χ1) is 8.74. The molecule has 0 amide bonds. The van der Waals surface area contributed by atoms with E-state index in [2.05, 4.69) is 41.1 Å². The van der Waals surface area contributed by atoms with Crippen LogP contribution in [0.4, 0.5) is 0 Å². The van der Waals surface area contributed by atoms with Gasteiger partial charge in [0.25, 0.3) is 0 Å². The fourth-order valence-corrected chi connectivity index (χ4v) is 3.58. The van der Waals surface area contributed by atoms with E-state index in [4.69, 9.17) is 9.47 Å². The lowest BCUT2D eigenvalue weighted by Crippen LogP contribution is -2.21. The molecular weight excluding hydrogens is 292 g/mol. The van der Waals surface area contributed by atoms with Crippen molar-refractivity contribution in [2.24, 2.45) is 5.92 Å². The molecule has 0 radical (unpaired) electrons. The molecule has 1 fully saturated rings. The van der Waals surface area contributed by atoms with Gasteiger partial charge in [-0.15, -0.1) is 0 Å². The molecule has 0 aliphatic carbocycles. The predicted molar refractivity (Wildman–Crippen MR) is 75.4 cm³/mol. The van der Waals surface area contributed by atoms with Crippen LogP contribution in [0.5, 0.6) is 5.75 Å². The highest BCUT2D eigenvalue weighted by molar-refractivity contribution is 9.09. The molecule has 0 bridgehead atoms. The van der Waals surface area contributed by atoms with Crippen LogP contribution in [-0.2, 0) is 11.2 Å². The van der Waals surface area contributed by atoms with Crippen molar-refractivity contribution in [3.05, 3.63) is 29.3 Å². The number of ether oxygens (including phenoxy) is 2. The average molecular weight is 311 g/mol. The molecule has 1 aromatic carbocycles. The van der Waals surface area contributed by atoms with E-state index >= 15 is 0 Å². The van der Waals surface area contributed by atoms with E-state index in [9.17, 15) is 0 Å². The fraction of sp³-hybridized carbons (Fsp3) is 0.600. The number of rotatable bonds is 2. The van der Waals surface area contributed by atoms with Crippen LogP contribution in [0.2, 0.25) is 0 Å². The van der Waals surface area contributed by atoms with Crippen LogP contribution in [0.25, 0.3) is 0 Å². The molecule has 3 unspecified atom stereocenters. The highest BCUT2D eigenvalue weighted by Gasteiger charge is 2.26. The van der Waals surface area contributed by atoms with Gasteiger partial charge in [0.2, 0.25) is 0 Å². The van der Waals surface area contributed by atoms with Crippen molar-refractivity contribution in [2.75, 3.05) is 13.2 Å². The molecule has 2 aliphatic heterocycles. The Bertz CT molecular complexity index is 427. The Balaban J connectivity index is 1.78. The molecule has 3 atom stereocenters. The summed E-state index contributed by atoms with van der Waals surface area (Å²) in [4.78, 5) is 0.402. The third-order valence-corrected chi connectivity index (χ3v) is 5.12. The molecule has 98 valence electrons. The summed E-state index contributed by atoms with van der Waals surface area (Å²) in [6.07, 6.45) is 3.78. The Morgan fingerprint density at radius 2 is 2.28 bits per heavy atom. The van der Waals surface area contributed by atoms with Gasteiger partial charge in [-0.05, 0) is 42.9 Å². The molecule has 3 heteroatoms. The second-order valence-electron chi connectivity index (χ2n) is 5.38. The predicted octanol–water partition coefficient (Wildman–Crippen LogP) is 3.87. The number of fused-ring (bicyclic) bond motifs is 1. The number of hydrogen-bond donors (Lipinski definition) is 0. The van der Waals surface area contributed by atoms with Gasteiger partial charge in [-0.25, -0.2) is 0 Å². The van der Waals surface area contributed by atoms with E-state index < -0.39 is 0 Å². The molecular formula is C15H19BrO2. The third-order valence-electron chi connectivity index (χ3n) is 3.85. The first kappa shape index (κ1) is 12.5. The van der Waals surface area contributed by atoms with Gasteiger partial charge in [-0.3, -0.25) is 0 Å². The van der Waals surface area contributed by atoms with Crippen LogP contribution in [0, 0.1) is 5.92 Å². The lowest BCUT2D eigenvalue weighted by Gasteiger charge is -2.27. The Morgan fingerprint density at radius 3 is 3.06 bits per heavy atom. The number of benzene rings is 1. The van der Waals surface area contributed by atoms with E-state index in [1.165, 1.54) is 24.0 Å². The molecule has 2 nitrogen and oxygen atoms in total. The van der Waals surface area contributed by atoms with E-state index in [0.717, 1.165) is 25.4 Å². The Morgan fingerprint density at radius 1 is 1.39 bits per heavy atom. The smallest absolute Gasteiger partial charge is 0.123 e. The minimum absolute atomic E-state index is 0.321. The van der Waals surface area contributed by atoms with Crippen molar-refractivity contribution in [1.29, 1.82) is 0 Å². The van der Waals surface area contributed by atoms with Crippen molar-refractivity contribution < 1.29 is 9.47 Å². The lowest BCUT2D eigenvalue weighted by molar-refractivity contribution is 0.0546. The maximum atomic E-state index is 5.75. The van der Waals surface area contributed by atoms with Crippen molar-refractivity contribution >= 4 is 15.9 Å². The van der Waals surface area contributed by atoms with Crippen LogP contribution < -0.4 is 4.74 Å². The quantitative estimate of drug-likeness (QED) is 0.772. The second kappa shape index (κ2) is 5.22. The molecule has 18 heavy (non-hydrogen) atoms. The third kappa shape index (κ3) is 2.43. The zero-order chi connectivity index (χ0) is 12.5. The molecule has 1 aromatic rings. The second-order valence-corrected chi connectivity index (χ2v) is 6.37. The maximum absolute atomic E-state index is 5.75. The highest BCUT2D eigenvalue weighted by atomic mass is 79.9. The number of alkyl halides is 1. The maximum Gasteiger partial charge on any atom is 0.123 e. The summed E-state index contributed by atoms with van der Waals surface area (Å²) >= 11 is 3.85. The summed E-state index contributed by atoms with van der Waals surface area (Å²) in [6.45, 7) is 3.92. The molecule has 2 aliphatic rings. The Labute approximate surface area is 117 Å². The highest BCUT2D eigenvalue weighted by Crippen LogP contribution is 2.39. The lowest BCUT2D eigenvalue weighted by atomic mass is 9.93. The van der Waals surface area contributed by atoms with Crippen LogP contribution in [0.15, 0.2) is 18.2 Å². The van der Waals surface area contributed by atoms with E-state index in [-0.39, 0.29) is 0 Å². The van der Waals surface area contributed by atoms with Crippen LogP contribution in [-0.4, -0.2) is 19.3 Å². The van der Waals surface area contributed by atoms with Gasteiger partial charge in [0, 0.05) is 17.9 Å². The molecule has 3 rings (SSSR count). The van der Waals surface area contributed by atoms with Crippen molar-refractivity contribution in [3.63, 3.8) is 0 Å². The summed E-state index contributed by atoms with van der Waals surface area (Å²) in [7, 11) is 0. The van der Waals surface area contributed by atoms with Crippen molar-refractivity contribution in [3.8, 4) is 5.75 Å². The minimum atomic E-state index is 0.321. The summed E-state index contributed by atoms with van der Waals surface area (Å²) < 4.78 is 11.3. The molecule has 1 saturated heterocycles. The first-order valence-electron chi connectivity index (χ1n) is 6.75.